The highest BCUT2D eigenvalue weighted by Crippen LogP contribution is 2.27. The van der Waals surface area contributed by atoms with Crippen LogP contribution in [0, 0.1) is 6.92 Å². The van der Waals surface area contributed by atoms with Crippen LogP contribution in [-0.2, 0) is 0 Å². The predicted molar refractivity (Wildman–Crippen MR) is 79.7 cm³/mol. The van der Waals surface area contributed by atoms with Crippen molar-refractivity contribution in [3.63, 3.8) is 0 Å². The number of hydrogen-bond donors (Lipinski definition) is 1. The highest BCUT2D eigenvalue weighted by Gasteiger charge is 2.08. The van der Waals surface area contributed by atoms with E-state index in [0.29, 0.717) is 10.0 Å². The summed E-state index contributed by atoms with van der Waals surface area (Å²) in [5, 5.41) is 4.65. The van der Waals surface area contributed by atoms with Gasteiger partial charge in [0, 0.05) is 11.7 Å². The normalized spacial score (nSPS) is 12.2. The zero-order chi connectivity index (χ0) is 13.1. The smallest absolute Gasteiger partial charge is 0.0595 e. The summed E-state index contributed by atoms with van der Waals surface area (Å²) in [7, 11) is 0. The van der Waals surface area contributed by atoms with E-state index in [1.807, 2.05) is 30.3 Å². The van der Waals surface area contributed by atoms with E-state index in [4.69, 9.17) is 23.2 Å². The van der Waals surface area contributed by atoms with Crippen molar-refractivity contribution in [1.82, 2.24) is 0 Å². The van der Waals surface area contributed by atoms with E-state index in [-0.39, 0.29) is 6.04 Å². The van der Waals surface area contributed by atoms with Gasteiger partial charge < -0.3 is 5.32 Å². The van der Waals surface area contributed by atoms with Gasteiger partial charge in [0.2, 0.25) is 0 Å². The van der Waals surface area contributed by atoms with Gasteiger partial charge in [0.15, 0.2) is 0 Å². The Kier molecular flexibility index (Phi) is 4.15. The van der Waals surface area contributed by atoms with E-state index < -0.39 is 0 Å². The average molecular weight is 280 g/mol. The summed E-state index contributed by atoms with van der Waals surface area (Å²) in [5.41, 5.74) is 3.48. The lowest BCUT2D eigenvalue weighted by molar-refractivity contribution is 0.883. The third-order valence-corrected chi connectivity index (χ3v) is 3.70. The standard InChI is InChI=1S/C15H15Cl2N/c1-10-5-3-4-6-15(10)18-11(2)12-7-8-13(16)14(17)9-12/h3-9,11,18H,1-2H3. The Morgan fingerprint density at radius 1 is 1.00 bits per heavy atom. The SMILES string of the molecule is Cc1ccccc1NC(C)c1ccc(Cl)c(Cl)c1. The Bertz CT molecular complexity index is 552. The lowest BCUT2D eigenvalue weighted by Gasteiger charge is -2.17. The first-order chi connectivity index (χ1) is 8.58. The molecule has 1 N–H and O–H groups in total. The molecule has 0 aliphatic rings. The van der Waals surface area contributed by atoms with E-state index in [1.165, 1.54) is 5.56 Å². The van der Waals surface area contributed by atoms with Crippen molar-refractivity contribution >= 4 is 28.9 Å². The summed E-state index contributed by atoms with van der Waals surface area (Å²) < 4.78 is 0. The van der Waals surface area contributed by atoms with Crippen molar-refractivity contribution in [3.05, 3.63) is 63.6 Å². The first-order valence-electron chi connectivity index (χ1n) is 5.85. The molecular weight excluding hydrogens is 265 g/mol. The van der Waals surface area contributed by atoms with Crippen LogP contribution in [-0.4, -0.2) is 0 Å². The Morgan fingerprint density at radius 3 is 2.39 bits per heavy atom. The molecule has 0 bridgehead atoms. The minimum absolute atomic E-state index is 0.181. The van der Waals surface area contributed by atoms with Crippen LogP contribution < -0.4 is 5.32 Å². The summed E-state index contributed by atoms with van der Waals surface area (Å²) >= 11 is 12.0. The fraction of sp³-hybridized carbons (Fsp3) is 0.200. The van der Waals surface area contributed by atoms with Gasteiger partial charge in [-0.2, -0.15) is 0 Å². The summed E-state index contributed by atoms with van der Waals surface area (Å²) in [4.78, 5) is 0. The Labute approximate surface area is 118 Å². The second-order valence-electron chi connectivity index (χ2n) is 4.35. The van der Waals surface area contributed by atoms with Gasteiger partial charge in [0.05, 0.1) is 10.0 Å². The zero-order valence-corrected chi connectivity index (χ0v) is 11.9. The van der Waals surface area contributed by atoms with Crippen LogP contribution in [0.2, 0.25) is 10.0 Å². The van der Waals surface area contributed by atoms with E-state index in [2.05, 4.69) is 31.3 Å². The molecule has 0 saturated carbocycles. The largest absolute Gasteiger partial charge is 0.378 e. The highest BCUT2D eigenvalue weighted by molar-refractivity contribution is 6.42. The van der Waals surface area contributed by atoms with Crippen molar-refractivity contribution in [1.29, 1.82) is 0 Å². The first kappa shape index (κ1) is 13.3. The van der Waals surface area contributed by atoms with Crippen LogP contribution in [0.25, 0.3) is 0 Å². The molecule has 1 unspecified atom stereocenters. The molecule has 0 saturated heterocycles. The molecule has 2 rings (SSSR count). The number of rotatable bonds is 3. The molecule has 0 aliphatic carbocycles. The molecular formula is C15H15Cl2N. The molecule has 0 amide bonds. The molecule has 0 spiro atoms. The number of para-hydroxylation sites is 1. The summed E-state index contributed by atoms with van der Waals surface area (Å²) in [6, 6.07) is 14.1. The second-order valence-corrected chi connectivity index (χ2v) is 5.17. The fourth-order valence-corrected chi connectivity index (χ4v) is 2.14. The molecule has 18 heavy (non-hydrogen) atoms. The van der Waals surface area contributed by atoms with E-state index in [0.717, 1.165) is 11.3 Å². The van der Waals surface area contributed by atoms with Gasteiger partial charge in [-0.1, -0.05) is 47.5 Å². The average Bonchev–Trinajstić information content (AvgIpc) is 2.35. The molecule has 2 aromatic carbocycles. The van der Waals surface area contributed by atoms with Crippen LogP contribution in [0.3, 0.4) is 0 Å². The van der Waals surface area contributed by atoms with Crippen LogP contribution in [0.1, 0.15) is 24.1 Å². The number of aryl methyl sites for hydroxylation is 1. The zero-order valence-electron chi connectivity index (χ0n) is 10.4. The Morgan fingerprint density at radius 2 is 1.72 bits per heavy atom. The van der Waals surface area contributed by atoms with Gasteiger partial charge in [-0.05, 0) is 43.2 Å². The summed E-state index contributed by atoms with van der Waals surface area (Å²) in [6.45, 7) is 4.19. The van der Waals surface area contributed by atoms with Gasteiger partial charge >= 0.3 is 0 Å². The molecule has 1 atom stereocenters. The minimum atomic E-state index is 0.181. The van der Waals surface area contributed by atoms with Crippen LogP contribution in [0.15, 0.2) is 42.5 Å². The van der Waals surface area contributed by atoms with Crippen LogP contribution >= 0.6 is 23.2 Å². The molecule has 94 valence electrons. The third-order valence-electron chi connectivity index (χ3n) is 2.96. The van der Waals surface area contributed by atoms with Gasteiger partial charge in [-0.15, -0.1) is 0 Å². The third kappa shape index (κ3) is 2.98. The number of benzene rings is 2. The van der Waals surface area contributed by atoms with Gasteiger partial charge in [-0.3, -0.25) is 0 Å². The molecule has 0 fully saturated rings. The van der Waals surface area contributed by atoms with Gasteiger partial charge in [0.1, 0.15) is 0 Å². The lowest BCUT2D eigenvalue weighted by atomic mass is 10.1. The van der Waals surface area contributed by atoms with E-state index in [1.54, 1.807) is 0 Å². The highest BCUT2D eigenvalue weighted by atomic mass is 35.5. The maximum absolute atomic E-state index is 6.03. The van der Waals surface area contributed by atoms with Crippen molar-refractivity contribution < 1.29 is 0 Å². The van der Waals surface area contributed by atoms with Gasteiger partial charge in [-0.25, -0.2) is 0 Å². The maximum Gasteiger partial charge on any atom is 0.0595 e. The Hall–Kier alpha value is -1.18. The van der Waals surface area contributed by atoms with Crippen molar-refractivity contribution in [3.8, 4) is 0 Å². The van der Waals surface area contributed by atoms with Crippen molar-refractivity contribution in [2.45, 2.75) is 19.9 Å². The number of anilines is 1. The molecule has 0 aromatic heterocycles. The van der Waals surface area contributed by atoms with Crippen molar-refractivity contribution in [2.24, 2.45) is 0 Å². The second kappa shape index (κ2) is 5.64. The van der Waals surface area contributed by atoms with Crippen molar-refractivity contribution in [2.75, 3.05) is 5.32 Å². The molecule has 0 radical (unpaired) electrons. The van der Waals surface area contributed by atoms with E-state index >= 15 is 0 Å². The summed E-state index contributed by atoms with van der Waals surface area (Å²) in [6.07, 6.45) is 0. The fourth-order valence-electron chi connectivity index (χ4n) is 1.83. The Balaban J connectivity index is 2.19. The molecule has 0 aliphatic heterocycles. The molecule has 2 aromatic rings. The monoisotopic (exact) mass is 279 g/mol. The topological polar surface area (TPSA) is 12.0 Å². The van der Waals surface area contributed by atoms with Gasteiger partial charge in [0.25, 0.3) is 0 Å². The molecule has 3 heteroatoms. The number of hydrogen-bond acceptors (Lipinski definition) is 1. The quantitative estimate of drug-likeness (QED) is 0.785. The van der Waals surface area contributed by atoms with Crippen LogP contribution in [0.5, 0.6) is 0 Å². The number of halogens is 2. The maximum atomic E-state index is 6.03. The van der Waals surface area contributed by atoms with E-state index in [9.17, 15) is 0 Å². The lowest BCUT2D eigenvalue weighted by Crippen LogP contribution is -2.07. The summed E-state index contributed by atoms with van der Waals surface area (Å²) in [5.74, 6) is 0. The van der Waals surface area contributed by atoms with Crippen LogP contribution in [0.4, 0.5) is 5.69 Å². The molecule has 1 nitrogen and oxygen atoms in total. The number of nitrogens with one attached hydrogen (secondary N) is 1. The first-order valence-corrected chi connectivity index (χ1v) is 6.60. The minimum Gasteiger partial charge on any atom is -0.378 e. The predicted octanol–water partition coefficient (Wildman–Crippen LogP) is 5.47. The molecule has 0 heterocycles.